The van der Waals surface area contributed by atoms with E-state index in [-0.39, 0.29) is 25.3 Å². The lowest BCUT2D eigenvalue weighted by Crippen LogP contribution is -2.52. The zero-order valence-corrected chi connectivity index (χ0v) is 12.6. The Morgan fingerprint density at radius 3 is 2.96 bits per heavy atom. The Bertz CT molecular complexity index is 571. The molecule has 1 aliphatic heterocycles. The average Bonchev–Trinajstić information content (AvgIpc) is 3.04. The number of H-pyrrole nitrogens is 1. The topological polar surface area (TPSA) is 104 Å². The number of carboxylic acid groups (broad SMARTS) is 1. The Hall–Kier alpha value is -1.96. The van der Waals surface area contributed by atoms with Gasteiger partial charge in [0.25, 0.3) is 0 Å². The Balaban J connectivity index is 1.56. The van der Waals surface area contributed by atoms with Crippen LogP contribution in [-0.4, -0.2) is 45.8 Å². The van der Waals surface area contributed by atoms with E-state index in [4.69, 9.17) is 9.84 Å². The number of amides is 1. The van der Waals surface area contributed by atoms with Crippen LogP contribution in [-0.2, 0) is 14.3 Å². The summed E-state index contributed by atoms with van der Waals surface area (Å²) in [4.78, 5) is 30.2. The summed E-state index contributed by atoms with van der Waals surface area (Å²) >= 11 is 0. The molecule has 2 fully saturated rings. The molecular formula is C15H20FN3O4. The molecule has 7 nitrogen and oxygen atoms in total. The van der Waals surface area contributed by atoms with Crippen LogP contribution in [0.3, 0.4) is 0 Å². The number of halogens is 1. The van der Waals surface area contributed by atoms with Crippen LogP contribution in [0.4, 0.5) is 4.39 Å². The van der Waals surface area contributed by atoms with E-state index in [0.717, 1.165) is 6.42 Å². The monoisotopic (exact) mass is 325 g/mol. The Morgan fingerprint density at radius 1 is 1.52 bits per heavy atom. The highest BCUT2D eigenvalue weighted by atomic mass is 19.1. The highest BCUT2D eigenvalue weighted by Gasteiger charge is 2.48. The van der Waals surface area contributed by atoms with Gasteiger partial charge in [-0.1, -0.05) is 0 Å². The van der Waals surface area contributed by atoms with Crippen molar-refractivity contribution in [2.75, 3.05) is 13.2 Å². The van der Waals surface area contributed by atoms with E-state index >= 15 is 0 Å². The fraction of sp³-hybridized carbons (Fsp3) is 0.667. The smallest absolute Gasteiger partial charge is 0.306 e. The molecule has 0 spiro atoms. The number of hydrogen-bond acceptors (Lipinski definition) is 4. The van der Waals surface area contributed by atoms with E-state index in [1.165, 1.54) is 0 Å². The summed E-state index contributed by atoms with van der Waals surface area (Å²) in [6.45, 7) is 0.402. The number of aliphatic carboxylic acids is 1. The molecule has 1 saturated carbocycles. The van der Waals surface area contributed by atoms with Crippen LogP contribution in [0, 0.1) is 11.8 Å². The zero-order valence-electron chi connectivity index (χ0n) is 12.6. The normalized spacial score (nSPS) is 33.7. The van der Waals surface area contributed by atoms with Gasteiger partial charge in [-0.2, -0.15) is 0 Å². The first-order chi connectivity index (χ1) is 11.0. The van der Waals surface area contributed by atoms with Crippen molar-refractivity contribution in [1.82, 2.24) is 15.3 Å². The fourth-order valence-corrected chi connectivity index (χ4v) is 3.27. The van der Waals surface area contributed by atoms with Crippen molar-refractivity contribution < 1.29 is 23.8 Å². The first-order valence-electron chi connectivity index (χ1n) is 7.79. The highest BCUT2D eigenvalue weighted by molar-refractivity contribution is 5.79. The van der Waals surface area contributed by atoms with Gasteiger partial charge in [0.05, 0.1) is 18.4 Å². The molecule has 1 saturated heterocycles. The van der Waals surface area contributed by atoms with Crippen LogP contribution in [0.5, 0.6) is 0 Å². The van der Waals surface area contributed by atoms with Crippen molar-refractivity contribution in [2.24, 2.45) is 11.8 Å². The minimum Gasteiger partial charge on any atom is -0.481 e. The van der Waals surface area contributed by atoms with Gasteiger partial charge in [-0.3, -0.25) is 9.59 Å². The van der Waals surface area contributed by atoms with Gasteiger partial charge < -0.3 is 20.1 Å². The van der Waals surface area contributed by atoms with Crippen molar-refractivity contribution in [2.45, 2.75) is 37.5 Å². The number of aromatic amines is 1. The molecule has 23 heavy (non-hydrogen) atoms. The summed E-state index contributed by atoms with van der Waals surface area (Å²) in [6.07, 6.45) is 4.11. The first-order valence-corrected chi connectivity index (χ1v) is 7.79. The second kappa shape index (κ2) is 6.27. The molecule has 1 amide bonds. The summed E-state index contributed by atoms with van der Waals surface area (Å²) < 4.78 is 19.9. The van der Waals surface area contributed by atoms with Crippen molar-refractivity contribution in [3.63, 3.8) is 0 Å². The lowest BCUT2D eigenvalue weighted by molar-refractivity contribution is -0.151. The van der Waals surface area contributed by atoms with Gasteiger partial charge in [-0.15, -0.1) is 0 Å². The largest absolute Gasteiger partial charge is 0.481 e. The average molecular weight is 325 g/mol. The number of carbonyl (C=O) groups is 2. The van der Waals surface area contributed by atoms with Crippen LogP contribution >= 0.6 is 0 Å². The molecule has 8 heteroatoms. The van der Waals surface area contributed by atoms with E-state index < -0.39 is 29.6 Å². The number of aromatic nitrogens is 2. The molecule has 0 radical (unpaired) electrons. The third-order valence-corrected chi connectivity index (χ3v) is 4.60. The predicted molar refractivity (Wildman–Crippen MR) is 77.2 cm³/mol. The molecule has 3 N–H and O–H groups in total. The molecule has 1 aromatic rings. The second-order valence-electron chi connectivity index (χ2n) is 6.33. The van der Waals surface area contributed by atoms with Crippen LogP contribution in [0.25, 0.3) is 0 Å². The first kappa shape index (κ1) is 15.9. The number of alkyl halides is 1. The fourth-order valence-electron chi connectivity index (χ4n) is 3.27. The van der Waals surface area contributed by atoms with Crippen LogP contribution in [0.1, 0.15) is 37.6 Å². The molecule has 0 unspecified atom stereocenters. The molecule has 2 heterocycles. The maximum absolute atomic E-state index is 14.3. The minimum absolute atomic E-state index is 0.0502. The van der Waals surface area contributed by atoms with Crippen molar-refractivity contribution >= 4 is 11.9 Å². The van der Waals surface area contributed by atoms with Gasteiger partial charge in [0.2, 0.25) is 5.91 Å². The number of rotatable bonds is 5. The number of hydrogen-bond donors (Lipinski definition) is 3. The summed E-state index contributed by atoms with van der Waals surface area (Å²) in [5.41, 5.74) is -1.62. The van der Waals surface area contributed by atoms with E-state index in [1.807, 2.05) is 0 Å². The van der Waals surface area contributed by atoms with Crippen LogP contribution in [0.15, 0.2) is 12.4 Å². The van der Waals surface area contributed by atoms with Gasteiger partial charge in [0.1, 0.15) is 17.6 Å². The third-order valence-electron chi connectivity index (χ3n) is 4.60. The predicted octanol–water partition coefficient (Wildman–Crippen LogP) is 1.20. The molecule has 1 aliphatic carbocycles. The molecule has 0 aromatic carbocycles. The summed E-state index contributed by atoms with van der Waals surface area (Å²) in [5.74, 6) is -1.74. The number of imidazole rings is 1. The zero-order chi connectivity index (χ0) is 16.4. The maximum atomic E-state index is 14.3. The van der Waals surface area contributed by atoms with Gasteiger partial charge in [-0.05, 0) is 25.7 Å². The molecule has 3 rings (SSSR count). The number of carboxylic acids is 1. The molecular weight excluding hydrogens is 305 g/mol. The third kappa shape index (κ3) is 3.36. The Morgan fingerprint density at radius 2 is 2.30 bits per heavy atom. The number of nitrogens with one attached hydrogen (secondary N) is 2. The van der Waals surface area contributed by atoms with E-state index in [2.05, 4.69) is 15.3 Å². The number of nitrogens with zero attached hydrogens (tertiary/aromatic N) is 1. The van der Waals surface area contributed by atoms with Gasteiger partial charge in [0, 0.05) is 19.0 Å². The molecule has 126 valence electrons. The lowest BCUT2D eigenvalue weighted by Gasteiger charge is -2.39. The minimum atomic E-state index is -1.62. The van der Waals surface area contributed by atoms with Crippen molar-refractivity contribution in [1.29, 1.82) is 0 Å². The number of carbonyl (C=O) groups excluding carboxylic acids is 1. The van der Waals surface area contributed by atoms with Gasteiger partial charge in [-0.25, -0.2) is 9.37 Å². The SMILES string of the molecule is O=C(O)C1CC(F)(CNC(=O)[C@@H]2CCCO[C@H]2c2ncc[nH]2)C1. The lowest BCUT2D eigenvalue weighted by atomic mass is 9.72. The van der Waals surface area contributed by atoms with Crippen molar-refractivity contribution in [3.05, 3.63) is 18.2 Å². The standard InChI is InChI=1S/C15H20FN3O4/c16-15(6-9(7-15)14(21)22)8-19-13(20)10-2-1-5-23-11(10)12-17-3-4-18-12/h3-4,9-11H,1-2,5-8H2,(H,17,18)(H,19,20)(H,21,22)/t9?,10-,11-,15?/m1/s1. The Labute approximate surface area is 132 Å². The van der Waals surface area contributed by atoms with Crippen LogP contribution < -0.4 is 5.32 Å². The van der Waals surface area contributed by atoms with Crippen molar-refractivity contribution in [3.8, 4) is 0 Å². The summed E-state index contributed by atoms with van der Waals surface area (Å²) in [6, 6.07) is 0. The summed E-state index contributed by atoms with van der Waals surface area (Å²) in [7, 11) is 0. The molecule has 1 aromatic heterocycles. The molecule has 0 bridgehead atoms. The quantitative estimate of drug-likeness (QED) is 0.754. The highest BCUT2D eigenvalue weighted by Crippen LogP contribution is 2.41. The van der Waals surface area contributed by atoms with Gasteiger partial charge >= 0.3 is 5.97 Å². The van der Waals surface area contributed by atoms with E-state index in [0.29, 0.717) is 18.9 Å². The Kier molecular flexibility index (Phi) is 4.34. The molecule has 2 aliphatic rings. The van der Waals surface area contributed by atoms with Crippen LogP contribution in [0.2, 0.25) is 0 Å². The summed E-state index contributed by atoms with van der Waals surface area (Å²) in [5, 5.41) is 11.4. The second-order valence-corrected chi connectivity index (χ2v) is 6.33. The van der Waals surface area contributed by atoms with E-state index in [1.54, 1.807) is 12.4 Å². The van der Waals surface area contributed by atoms with E-state index in [9.17, 15) is 14.0 Å². The van der Waals surface area contributed by atoms with Gasteiger partial charge in [0.15, 0.2) is 0 Å². The number of ether oxygens (including phenoxy) is 1. The molecule has 2 atom stereocenters. The maximum Gasteiger partial charge on any atom is 0.306 e.